The molecule has 0 aliphatic heterocycles. The highest BCUT2D eigenvalue weighted by molar-refractivity contribution is 4.84. The Kier molecular flexibility index (Phi) is 6.35. The summed E-state index contributed by atoms with van der Waals surface area (Å²) in [6, 6.07) is 0.465. The van der Waals surface area contributed by atoms with E-state index in [9.17, 15) is 0 Å². The monoisotopic (exact) mass is 187 g/mol. The molecule has 0 aromatic heterocycles. The van der Waals surface area contributed by atoms with Gasteiger partial charge in [-0.25, -0.2) is 0 Å². The van der Waals surface area contributed by atoms with E-state index in [1.807, 2.05) is 14.0 Å². The largest absolute Gasteiger partial charge is 0.374 e. The lowest BCUT2D eigenvalue weighted by molar-refractivity contribution is -0.0387. The molecule has 0 saturated carbocycles. The highest BCUT2D eigenvalue weighted by atomic mass is 16.5. The van der Waals surface area contributed by atoms with Crippen molar-refractivity contribution in [3.8, 4) is 0 Å². The van der Waals surface area contributed by atoms with Gasteiger partial charge in [0.25, 0.3) is 0 Å². The molecule has 1 unspecified atom stereocenters. The maximum atomic E-state index is 5.72. The average molecular weight is 187 g/mol. The van der Waals surface area contributed by atoms with Crippen molar-refractivity contribution in [2.75, 3.05) is 13.7 Å². The van der Waals surface area contributed by atoms with E-state index >= 15 is 0 Å². The zero-order valence-corrected chi connectivity index (χ0v) is 9.81. The first-order chi connectivity index (χ1) is 6.08. The van der Waals surface area contributed by atoms with E-state index in [-0.39, 0.29) is 5.60 Å². The summed E-state index contributed by atoms with van der Waals surface area (Å²) in [4.78, 5) is 0. The molecule has 0 aromatic carbocycles. The van der Waals surface area contributed by atoms with E-state index in [4.69, 9.17) is 4.74 Å². The van der Waals surface area contributed by atoms with E-state index in [2.05, 4.69) is 26.1 Å². The van der Waals surface area contributed by atoms with Gasteiger partial charge < -0.3 is 10.1 Å². The fourth-order valence-corrected chi connectivity index (χ4v) is 1.72. The van der Waals surface area contributed by atoms with Gasteiger partial charge in [0.1, 0.15) is 0 Å². The number of ether oxygens (including phenoxy) is 1. The molecule has 0 spiro atoms. The highest BCUT2D eigenvalue weighted by Crippen LogP contribution is 2.19. The van der Waals surface area contributed by atoms with Crippen molar-refractivity contribution >= 4 is 0 Å². The Labute approximate surface area is 83.1 Å². The summed E-state index contributed by atoms with van der Waals surface area (Å²) in [6.45, 7) is 9.38. The summed E-state index contributed by atoms with van der Waals surface area (Å²) < 4.78 is 5.72. The topological polar surface area (TPSA) is 21.3 Å². The van der Waals surface area contributed by atoms with Crippen molar-refractivity contribution in [1.82, 2.24) is 5.32 Å². The fourth-order valence-electron chi connectivity index (χ4n) is 1.72. The zero-order valence-electron chi connectivity index (χ0n) is 9.81. The predicted octanol–water partition coefficient (Wildman–Crippen LogP) is 2.58. The molecule has 1 atom stereocenters. The summed E-state index contributed by atoms with van der Waals surface area (Å²) in [5.41, 5.74) is -0.0430. The molecule has 0 radical (unpaired) electrons. The van der Waals surface area contributed by atoms with Crippen molar-refractivity contribution in [1.29, 1.82) is 0 Å². The van der Waals surface area contributed by atoms with Crippen molar-refractivity contribution in [3.05, 3.63) is 0 Å². The van der Waals surface area contributed by atoms with E-state index < -0.39 is 0 Å². The number of hydrogen-bond acceptors (Lipinski definition) is 2. The van der Waals surface area contributed by atoms with Crippen LogP contribution in [0.3, 0.4) is 0 Å². The summed E-state index contributed by atoms with van der Waals surface area (Å²) in [5.74, 6) is 0. The quantitative estimate of drug-likeness (QED) is 0.661. The number of unbranched alkanes of at least 4 members (excludes halogenated alkanes) is 1. The Morgan fingerprint density at radius 2 is 1.92 bits per heavy atom. The smallest absolute Gasteiger partial charge is 0.0778 e. The molecule has 0 aliphatic carbocycles. The Bertz CT molecular complexity index is 123. The average Bonchev–Trinajstić information content (AvgIpc) is 2.05. The third-order valence-electron chi connectivity index (χ3n) is 2.55. The number of nitrogens with one attached hydrogen (secondary N) is 1. The van der Waals surface area contributed by atoms with Gasteiger partial charge in [-0.05, 0) is 34.2 Å². The molecule has 2 nitrogen and oxygen atoms in total. The van der Waals surface area contributed by atoms with Crippen molar-refractivity contribution in [2.45, 2.75) is 58.6 Å². The van der Waals surface area contributed by atoms with Crippen LogP contribution in [0.2, 0.25) is 0 Å². The lowest BCUT2D eigenvalue weighted by Gasteiger charge is -2.34. The second kappa shape index (κ2) is 6.39. The second-order valence-corrected chi connectivity index (χ2v) is 4.02. The molecule has 0 amide bonds. The van der Waals surface area contributed by atoms with Gasteiger partial charge in [-0.1, -0.05) is 19.8 Å². The molecule has 0 rings (SSSR count). The van der Waals surface area contributed by atoms with E-state index in [0.717, 1.165) is 6.61 Å². The second-order valence-electron chi connectivity index (χ2n) is 4.02. The Balaban J connectivity index is 4.02. The first-order valence-electron chi connectivity index (χ1n) is 5.39. The third kappa shape index (κ3) is 4.63. The van der Waals surface area contributed by atoms with Crippen LogP contribution in [-0.4, -0.2) is 25.3 Å². The molecular weight excluding hydrogens is 162 g/mol. The summed E-state index contributed by atoms with van der Waals surface area (Å²) in [5, 5.41) is 3.34. The van der Waals surface area contributed by atoms with Gasteiger partial charge in [0.2, 0.25) is 0 Å². The van der Waals surface area contributed by atoms with Crippen LogP contribution in [0.15, 0.2) is 0 Å². The molecule has 80 valence electrons. The first kappa shape index (κ1) is 12.9. The maximum Gasteiger partial charge on any atom is 0.0778 e. The summed E-state index contributed by atoms with van der Waals surface area (Å²) in [7, 11) is 2.01. The number of hydrogen-bond donors (Lipinski definition) is 1. The van der Waals surface area contributed by atoms with Gasteiger partial charge in [-0.15, -0.1) is 0 Å². The molecule has 0 aromatic rings. The van der Waals surface area contributed by atoms with Crippen molar-refractivity contribution in [2.24, 2.45) is 0 Å². The van der Waals surface area contributed by atoms with E-state index in [0.29, 0.717) is 6.04 Å². The molecule has 13 heavy (non-hydrogen) atoms. The van der Waals surface area contributed by atoms with Gasteiger partial charge in [-0.3, -0.25) is 0 Å². The van der Waals surface area contributed by atoms with Crippen LogP contribution in [0, 0.1) is 0 Å². The SMILES string of the molecule is CCCCC(NC)C(C)(C)OCC. The van der Waals surface area contributed by atoms with Crippen LogP contribution in [0.4, 0.5) is 0 Å². The minimum atomic E-state index is -0.0430. The molecule has 0 saturated heterocycles. The molecule has 0 bridgehead atoms. The predicted molar refractivity (Wildman–Crippen MR) is 58.1 cm³/mol. The van der Waals surface area contributed by atoms with Crippen LogP contribution in [0.5, 0.6) is 0 Å². The lowest BCUT2D eigenvalue weighted by Crippen LogP contribution is -2.47. The summed E-state index contributed by atoms with van der Waals surface area (Å²) in [6.07, 6.45) is 3.71. The Morgan fingerprint density at radius 3 is 2.31 bits per heavy atom. The standard InChI is InChI=1S/C11H25NO/c1-6-8-9-10(12-5)11(3,4)13-7-2/h10,12H,6-9H2,1-5H3. The van der Waals surface area contributed by atoms with Gasteiger partial charge in [0, 0.05) is 12.6 Å². The number of rotatable bonds is 7. The van der Waals surface area contributed by atoms with E-state index in [1.165, 1.54) is 19.3 Å². The van der Waals surface area contributed by atoms with Crippen LogP contribution < -0.4 is 5.32 Å². The van der Waals surface area contributed by atoms with Gasteiger partial charge in [0.15, 0.2) is 0 Å². The van der Waals surface area contributed by atoms with Gasteiger partial charge in [-0.2, -0.15) is 0 Å². The van der Waals surface area contributed by atoms with Crippen molar-refractivity contribution in [3.63, 3.8) is 0 Å². The Morgan fingerprint density at radius 1 is 1.31 bits per heavy atom. The molecule has 0 fully saturated rings. The molecule has 0 heterocycles. The fraction of sp³-hybridized carbons (Fsp3) is 1.00. The maximum absolute atomic E-state index is 5.72. The highest BCUT2D eigenvalue weighted by Gasteiger charge is 2.27. The molecule has 0 aliphatic rings. The minimum Gasteiger partial charge on any atom is -0.374 e. The molecule has 1 N–H and O–H groups in total. The molecular formula is C11H25NO. The van der Waals surface area contributed by atoms with E-state index in [1.54, 1.807) is 0 Å². The van der Waals surface area contributed by atoms with Crippen LogP contribution in [0.1, 0.15) is 47.0 Å². The third-order valence-corrected chi connectivity index (χ3v) is 2.55. The first-order valence-corrected chi connectivity index (χ1v) is 5.39. The van der Waals surface area contributed by atoms with Gasteiger partial charge >= 0.3 is 0 Å². The normalized spacial score (nSPS) is 14.5. The van der Waals surface area contributed by atoms with Crippen molar-refractivity contribution < 1.29 is 4.74 Å². The zero-order chi connectivity index (χ0) is 10.3. The minimum absolute atomic E-state index is 0.0430. The summed E-state index contributed by atoms with van der Waals surface area (Å²) >= 11 is 0. The van der Waals surface area contributed by atoms with Crippen LogP contribution in [-0.2, 0) is 4.74 Å². The van der Waals surface area contributed by atoms with Gasteiger partial charge in [0.05, 0.1) is 5.60 Å². The number of likely N-dealkylation sites (N-methyl/N-ethyl adjacent to an activating group) is 1. The lowest BCUT2D eigenvalue weighted by atomic mass is 9.94. The Hall–Kier alpha value is -0.0800. The molecule has 2 heteroatoms. The van der Waals surface area contributed by atoms with Crippen LogP contribution >= 0.6 is 0 Å². The van der Waals surface area contributed by atoms with Crippen LogP contribution in [0.25, 0.3) is 0 Å².